The van der Waals surface area contributed by atoms with E-state index in [-0.39, 0.29) is 24.3 Å². The summed E-state index contributed by atoms with van der Waals surface area (Å²) in [6.07, 6.45) is 1.03. The summed E-state index contributed by atoms with van der Waals surface area (Å²) in [4.78, 5) is 21.5. The zero-order chi connectivity index (χ0) is 12.0. The molecule has 1 rings (SSSR count). The van der Waals surface area contributed by atoms with Crippen LogP contribution in [-0.4, -0.2) is 20.7 Å². The minimum absolute atomic E-state index is 0.178. The lowest BCUT2D eigenvalue weighted by Gasteiger charge is -2.05. The van der Waals surface area contributed by atoms with E-state index >= 15 is 0 Å². The number of cyclic esters (lactones) is 2. The Morgan fingerprint density at radius 1 is 1.60 bits per heavy atom. The maximum absolute atomic E-state index is 10.9. The number of hydrogen-bond acceptors (Lipinski definition) is 5. The highest BCUT2D eigenvalue weighted by Crippen LogP contribution is 2.22. The highest BCUT2D eigenvalue weighted by Gasteiger charge is 2.33. The van der Waals surface area contributed by atoms with Crippen LogP contribution in [0.2, 0.25) is 0 Å². The minimum Gasteiger partial charge on any atom is -0.760 e. The number of nitrogens with two attached hydrogens (primary N) is 1. The number of carbonyl (C=O) groups is 2. The third-order valence-electron chi connectivity index (χ3n) is 1.72. The summed E-state index contributed by atoms with van der Waals surface area (Å²) in [5, 5.41) is 4.03. The quantitative estimate of drug-likeness (QED) is 0.407. The van der Waals surface area contributed by atoms with Gasteiger partial charge in [0.2, 0.25) is 0 Å². The molecule has 7 heteroatoms. The van der Waals surface area contributed by atoms with Crippen molar-refractivity contribution in [3.05, 3.63) is 0 Å². The van der Waals surface area contributed by atoms with E-state index in [1.807, 2.05) is 13.8 Å². The summed E-state index contributed by atoms with van der Waals surface area (Å²) < 4.78 is 22.0. The van der Waals surface area contributed by atoms with E-state index in [0.29, 0.717) is 5.92 Å². The van der Waals surface area contributed by atoms with Crippen LogP contribution >= 0.6 is 0 Å². The maximum Gasteiger partial charge on any atom is 0.317 e. The van der Waals surface area contributed by atoms with Gasteiger partial charge in [-0.3, -0.25) is 18.9 Å². The lowest BCUT2D eigenvalue weighted by atomic mass is 9.96. The van der Waals surface area contributed by atoms with Crippen LogP contribution in [0.4, 0.5) is 0 Å². The van der Waals surface area contributed by atoms with Gasteiger partial charge in [0, 0.05) is 11.3 Å². The van der Waals surface area contributed by atoms with Crippen molar-refractivity contribution in [1.29, 1.82) is 0 Å². The Morgan fingerprint density at radius 3 is 2.33 bits per heavy atom. The first-order chi connectivity index (χ1) is 6.82. The normalized spacial score (nSPS) is 22.1. The Morgan fingerprint density at radius 2 is 2.07 bits per heavy atom. The molecular weight excluding hydrogens is 222 g/mol. The van der Waals surface area contributed by atoms with Gasteiger partial charge in [-0.25, -0.2) is 0 Å². The molecule has 2 atom stereocenters. The molecule has 0 aromatic heterocycles. The average molecular weight is 236 g/mol. The van der Waals surface area contributed by atoms with E-state index in [1.165, 1.54) is 0 Å². The Hall–Kier alpha value is -0.790. The molecule has 1 heterocycles. The molecule has 2 N–H and O–H groups in total. The van der Waals surface area contributed by atoms with Gasteiger partial charge < -0.3 is 9.29 Å². The van der Waals surface area contributed by atoms with Gasteiger partial charge in [0.15, 0.2) is 0 Å². The van der Waals surface area contributed by atoms with E-state index in [0.717, 1.165) is 6.42 Å². The van der Waals surface area contributed by atoms with Crippen LogP contribution in [0.1, 0.15) is 26.7 Å². The third kappa shape index (κ3) is 7.18. The van der Waals surface area contributed by atoms with E-state index in [1.54, 1.807) is 0 Å². The van der Waals surface area contributed by atoms with Crippen molar-refractivity contribution >= 4 is 23.2 Å². The van der Waals surface area contributed by atoms with Crippen LogP contribution in [0.15, 0.2) is 0 Å². The fraction of sp³-hybridized carbons (Fsp3) is 0.750. The molecule has 0 radical (unpaired) electrons. The Kier molecular flexibility index (Phi) is 6.30. The minimum atomic E-state index is -2.36. The van der Waals surface area contributed by atoms with Crippen molar-refractivity contribution in [2.75, 3.05) is 0 Å². The number of esters is 2. The summed E-state index contributed by atoms with van der Waals surface area (Å²) in [6.45, 7) is 4.05. The zero-order valence-electron chi connectivity index (χ0n) is 8.60. The van der Waals surface area contributed by atoms with Crippen LogP contribution in [-0.2, 0) is 25.6 Å². The molecule has 15 heavy (non-hydrogen) atoms. The Labute approximate surface area is 90.6 Å². The van der Waals surface area contributed by atoms with Gasteiger partial charge in [0.05, 0.1) is 12.3 Å². The number of hydrogen-bond donors (Lipinski definition) is 1. The van der Waals surface area contributed by atoms with Gasteiger partial charge in [-0.05, 0) is 12.3 Å². The predicted octanol–water partition coefficient (Wildman–Crippen LogP) is -0.139. The van der Waals surface area contributed by atoms with Crippen molar-refractivity contribution in [2.45, 2.75) is 26.7 Å². The first kappa shape index (κ1) is 14.2. The smallest absolute Gasteiger partial charge is 0.317 e. The second-order valence-electron chi connectivity index (χ2n) is 3.58. The highest BCUT2D eigenvalue weighted by atomic mass is 32.2. The lowest BCUT2D eigenvalue weighted by molar-refractivity contribution is -0.153. The van der Waals surface area contributed by atoms with Gasteiger partial charge in [0.25, 0.3) is 0 Å². The van der Waals surface area contributed by atoms with Crippen molar-refractivity contribution in [3.8, 4) is 0 Å². The summed E-state index contributed by atoms with van der Waals surface area (Å²) in [5.41, 5.74) is 0. The molecule has 0 aliphatic carbocycles. The molecule has 88 valence electrons. The Bertz CT molecular complexity index is 262. The molecule has 1 aliphatic rings. The van der Waals surface area contributed by atoms with E-state index in [9.17, 15) is 9.59 Å². The number of carbonyl (C=O) groups excluding carboxylic acids is 2. The van der Waals surface area contributed by atoms with E-state index in [4.69, 9.17) is 8.76 Å². The van der Waals surface area contributed by atoms with Crippen LogP contribution in [0.25, 0.3) is 0 Å². The zero-order valence-corrected chi connectivity index (χ0v) is 9.41. The van der Waals surface area contributed by atoms with Crippen LogP contribution in [0, 0.1) is 11.8 Å². The molecule has 0 amide bonds. The molecule has 1 aliphatic heterocycles. The maximum atomic E-state index is 10.9. The molecule has 0 spiro atoms. The highest BCUT2D eigenvalue weighted by molar-refractivity contribution is 7.76. The largest absolute Gasteiger partial charge is 0.760 e. The van der Waals surface area contributed by atoms with Gasteiger partial charge in [-0.2, -0.15) is 0 Å². The topological polar surface area (TPSA) is 110 Å². The number of rotatable bonds is 2. The monoisotopic (exact) mass is 236 g/mol. The first-order valence-corrected chi connectivity index (χ1v) is 5.55. The van der Waals surface area contributed by atoms with Crippen molar-refractivity contribution in [3.63, 3.8) is 0 Å². The standard InChI is InChI=1S/C8H12O3.H3NO2S/c1-5(2)3-6-4-7(9)11-8(6)10;1-4(2)3/h5-6H,3-4H2,1-2H3;1H2,(H,2,3)/p-1. The molecule has 2 unspecified atom stereocenters. The van der Waals surface area contributed by atoms with Crippen LogP contribution < -0.4 is 5.14 Å². The molecule has 0 aromatic rings. The fourth-order valence-electron chi connectivity index (χ4n) is 1.27. The second-order valence-corrected chi connectivity index (χ2v) is 4.11. The molecule has 0 aromatic carbocycles. The Balaban J connectivity index is 0.000000423. The summed E-state index contributed by atoms with van der Waals surface area (Å²) in [7, 11) is 0. The van der Waals surface area contributed by atoms with Crippen molar-refractivity contribution < 1.29 is 23.1 Å². The van der Waals surface area contributed by atoms with E-state index < -0.39 is 11.3 Å². The molecular formula is C8H14NO5S-. The van der Waals surface area contributed by atoms with Gasteiger partial charge in [-0.15, -0.1) is 0 Å². The van der Waals surface area contributed by atoms with Gasteiger partial charge >= 0.3 is 11.9 Å². The van der Waals surface area contributed by atoms with Gasteiger partial charge in [-0.1, -0.05) is 13.8 Å². The molecule has 6 nitrogen and oxygen atoms in total. The molecule has 1 saturated heterocycles. The lowest BCUT2D eigenvalue weighted by Crippen LogP contribution is -2.09. The number of ether oxygens (including phenoxy) is 1. The molecule has 1 fully saturated rings. The summed E-state index contributed by atoms with van der Waals surface area (Å²) in [6, 6.07) is 0. The van der Waals surface area contributed by atoms with Crippen molar-refractivity contribution in [2.24, 2.45) is 17.0 Å². The summed E-state index contributed by atoms with van der Waals surface area (Å²) >= 11 is -2.36. The first-order valence-electron chi connectivity index (χ1n) is 4.41. The SMILES string of the molecule is CC(C)CC1CC(=O)OC1=O.NS(=O)[O-]. The van der Waals surface area contributed by atoms with Crippen LogP contribution in [0.5, 0.6) is 0 Å². The van der Waals surface area contributed by atoms with E-state index in [2.05, 4.69) is 9.88 Å². The van der Waals surface area contributed by atoms with Crippen molar-refractivity contribution in [1.82, 2.24) is 0 Å². The average Bonchev–Trinajstić information content (AvgIpc) is 2.27. The fourth-order valence-corrected chi connectivity index (χ4v) is 1.27. The van der Waals surface area contributed by atoms with Crippen LogP contribution in [0.3, 0.4) is 0 Å². The molecule has 0 saturated carbocycles. The second kappa shape index (κ2) is 6.65. The predicted molar refractivity (Wildman–Crippen MR) is 51.8 cm³/mol. The summed E-state index contributed by atoms with van der Waals surface area (Å²) in [5.74, 6) is -0.453. The third-order valence-corrected chi connectivity index (χ3v) is 1.72. The van der Waals surface area contributed by atoms with Gasteiger partial charge in [0.1, 0.15) is 0 Å². The molecule has 0 bridgehead atoms.